The lowest BCUT2D eigenvalue weighted by Crippen LogP contribution is -2.34. The number of aromatic amines is 1. The Hall–Kier alpha value is -3.16. The van der Waals surface area contributed by atoms with Gasteiger partial charge in [-0.15, -0.1) is 0 Å². The van der Waals surface area contributed by atoms with Crippen LogP contribution in [0.3, 0.4) is 0 Å². The molecule has 13 heteroatoms. The molecule has 1 aromatic carbocycles. The van der Waals surface area contributed by atoms with E-state index >= 15 is 0 Å². The van der Waals surface area contributed by atoms with Gasteiger partial charge in [-0.1, -0.05) is 11.6 Å². The zero-order valence-electron chi connectivity index (χ0n) is 19.9. The maximum Gasteiger partial charge on any atom is 0.296 e. The first-order chi connectivity index (χ1) is 17.7. The summed E-state index contributed by atoms with van der Waals surface area (Å²) in [6, 6.07) is 9.20. The summed E-state index contributed by atoms with van der Waals surface area (Å²) in [6.45, 7) is 0.514. The molecule has 6 rings (SSSR count). The van der Waals surface area contributed by atoms with Crippen LogP contribution in [0.15, 0.2) is 47.1 Å². The predicted octanol–water partition coefficient (Wildman–Crippen LogP) is 3.00. The van der Waals surface area contributed by atoms with E-state index < -0.39 is 28.0 Å². The molecule has 3 aromatic heterocycles. The van der Waals surface area contributed by atoms with Crippen LogP contribution in [0.25, 0.3) is 33.8 Å². The fourth-order valence-corrected chi connectivity index (χ4v) is 5.26. The van der Waals surface area contributed by atoms with Crippen LogP contribution in [0.2, 0.25) is 5.02 Å². The average molecular weight is 543 g/mol. The van der Waals surface area contributed by atoms with E-state index in [0.29, 0.717) is 45.6 Å². The molecule has 2 aliphatic heterocycles. The van der Waals surface area contributed by atoms with E-state index in [2.05, 4.69) is 29.3 Å². The first kappa shape index (κ1) is 24.2. The number of aromatic nitrogens is 5. The number of fused-ring (bicyclic) bond motifs is 2. The molecule has 2 N–H and O–H groups in total. The second-order valence-electron chi connectivity index (χ2n) is 9.17. The Kier molecular flexibility index (Phi) is 6.08. The Labute approximate surface area is 217 Å². The average Bonchev–Trinajstić information content (AvgIpc) is 3.55. The van der Waals surface area contributed by atoms with Gasteiger partial charge in [0.05, 0.1) is 35.1 Å². The van der Waals surface area contributed by atoms with E-state index in [1.165, 1.54) is 0 Å². The van der Waals surface area contributed by atoms with Gasteiger partial charge in [0.15, 0.2) is 17.6 Å². The van der Waals surface area contributed by atoms with Gasteiger partial charge in [0.25, 0.3) is 6.01 Å². The number of benzene rings is 1. The lowest BCUT2D eigenvalue weighted by molar-refractivity contribution is 0.00706. The number of nitrogens with one attached hydrogen (secondary N) is 1. The molecule has 0 spiro atoms. The lowest BCUT2D eigenvalue weighted by Gasteiger charge is -2.15. The topological polar surface area (TPSA) is 145 Å². The summed E-state index contributed by atoms with van der Waals surface area (Å²) in [6.07, 6.45) is 4.68. The van der Waals surface area contributed by atoms with Gasteiger partial charge < -0.3 is 24.3 Å². The van der Waals surface area contributed by atoms with Crippen LogP contribution in [0, 0.1) is 0 Å². The minimum Gasteiger partial charge on any atom is -0.456 e. The maximum absolute atomic E-state index is 11.9. The molecule has 5 heterocycles. The summed E-state index contributed by atoms with van der Waals surface area (Å²) in [7, 11) is -2.23. The van der Waals surface area contributed by atoms with Crippen LogP contribution in [-0.2, 0) is 19.2 Å². The number of nitrogens with zero attached hydrogens (tertiary/aromatic N) is 5. The second kappa shape index (κ2) is 9.30. The van der Waals surface area contributed by atoms with Crippen LogP contribution < -0.4 is 4.74 Å². The van der Waals surface area contributed by atoms with Gasteiger partial charge in [-0.25, -0.2) is 19.2 Å². The normalized spacial score (nSPS) is 23.4. The zero-order valence-corrected chi connectivity index (χ0v) is 21.4. The Balaban J connectivity index is 1.22. The van der Waals surface area contributed by atoms with E-state index in [-0.39, 0.29) is 18.7 Å². The predicted molar refractivity (Wildman–Crippen MR) is 137 cm³/mol. The summed E-state index contributed by atoms with van der Waals surface area (Å²) < 4.78 is 33.2. The summed E-state index contributed by atoms with van der Waals surface area (Å²) in [5, 5.41) is 10.3. The first-order valence-electron chi connectivity index (χ1n) is 11.5. The molecular weight excluding hydrogens is 520 g/mol. The van der Waals surface area contributed by atoms with Crippen molar-refractivity contribution in [3.63, 3.8) is 0 Å². The van der Waals surface area contributed by atoms with Crippen molar-refractivity contribution >= 4 is 38.2 Å². The molecule has 2 fully saturated rings. The van der Waals surface area contributed by atoms with Gasteiger partial charge in [-0.05, 0) is 30.3 Å². The molecular formula is C24H23ClN6O5S. The van der Waals surface area contributed by atoms with Crippen LogP contribution in [0.1, 0.15) is 0 Å². The molecule has 0 saturated carbocycles. The summed E-state index contributed by atoms with van der Waals surface area (Å²) in [5.74, 6) is 0.521. The molecule has 0 aliphatic carbocycles. The number of H-pyrrole nitrogens is 1. The third kappa shape index (κ3) is 4.90. The summed E-state index contributed by atoms with van der Waals surface area (Å²) >= 11 is 6.52. The fourth-order valence-electron chi connectivity index (χ4n) is 4.37. The van der Waals surface area contributed by atoms with Crippen molar-refractivity contribution < 1.29 is 23.5 Å². The molecule has 192 valence electrons. The highest BCUT2D eigenvalue weighted by atomic mass is 35.5. The minimum absolute atomic E-state index is 0.221. The molecule has 2 aliphatic rings. The molecule has 11 nitrogen and oxygen atoms in total. The summed E-state index contributed by atoms with van der Waals surface area (Å²) in [4.78, 5) is 21.0. The molecule has 0 radical (unpaired) electrons. The van der Waals surface area contributed by atoms with Gasteiger partial charge in [-0.3, -0.25) is 0 Å². The largest absolute Gasteiger partial charge is 0.456 e. The van der Waals surface area contributed by atoms with E-state index in [0.717, 1.165) is 5.56 Å². The van der Waals surface area contributed by atoms with Gasteiger partial charge >= 0.3 is 0 Å². The van der Waals surface area contributed by atoms with Gasteiger partial charge in [0.1, 0.15) is 18.3 Å². The highest BCUT2D eigenvalue weighted by Gasteiger charge is 2.48. The Morgan fingerprint density at radius 2 is 1.81 bits per heavy atom. The van der Waals surface area contributed by atoms with Crippen molar-refractivity contribution in [3.05, 3.63) is 47.7 Å². The number of rotatable bonds is 5. The smallest absolute Gasteiger partial charge is 0.296 e. The van der Waals surface area contributed by atoms with E-state index in [9.17, 15) is 9.32 Å². The quantitative estimate of drug-likeness (QED) is 0.388. The molecule has 0 bridgehead atoms. The number of hydrogen-bond donors (Lipinski definition) is 2. The molecule has 1 unspecified atom stereocenters. The summed E-state index contributed by atoms with van der Waals surface area (Å²) in [5.41, 5.74) is 3.58. The molecule has 2 saturated heterocycles. The number of halogens is 1. The van der Waals surface area contributed by atoms with E-state index in [1.54, 1.807) is 43.1 Å². The van der Waals surface area contributed by atoms with Crippen molar-refractivity contribution in [3.8, 4) is 28.7 Å². The van der Waals surface area contributed by atoms with Gasteiger partial charge in [0.2, 0.25) is 0 Å². The van der Waals surface area contributed by atoms with Gasteiger partial charge in [-0.2, -0.15) is 9.35 Å². The molecule has 37 heavy (non-hydrogen) atoms. The third-order valence-electron chi connectivity index (χ3n) is 6.03. The molecule has 0 amide bonds. The molecule has 4 aromatic rings. The SMILES string of the molecule is CS(C)(=O)=Nc1ccc(-c2ncc(-c3nc4nc(O[C@@H]5CO[C@@H]6C(O)CO[C@@H]65)[nH]c4cc3Cl)cn2)cc1. The Morgan fingerprint density at radius 1 is 1.08 bits per heavy atom. The monoisotopic (exact) mass is 542 g/mol. The minimum atomic E-state index is -2.23. The molecule has 4 atom stereocenters. The lowest BCUT2D eigenvalue weighted by atomic mass is 10.1. The van der Waals surface area contributed by atoms with Crippen LogP contribution in [0.4, 0.5) is 5.69 Å². The van der Waals surface area contributed by atoms with E-state index in [4.69, 9.17) is 25.8 Å². The standard InChI is InChI=1S/C24H23ClN6O5S/c1-37(2,33)31-14-5-3-12(4-6-14)22-26-8-13(9-27-22)19-15(25)7-16-23(29-19)30-24(28-16)36-18-11-35-20-17(32)10-34-21(18)20/h3-9,17-18,20-21,32H,10-11H2,1-2H3,(H,28,29,30)/t17?,18-,20-,21-/m1/s1. The second-order valence-corrected chi connectivity index (χ2v) is 12.1. The third-order valence-corrected chi connectivity index (χ3v) is 6.96. The number of aliphatic hydroxyl groups excluding tert-OH is 1. The zero-order chi connectivity index (χ0) is 25.7. The van der Waals surface area contributed by atoms with Crippen molar-refractivity contribution in [2.75, 3.05) is 25.7 Å². The first-order valence-corrected chi connectivity index (χ1v) is 14.2. The Bertz CT molecular complexity index is 1580. The maximum atomic E-state index is 11.9. The van der Waals surface area contributed by atoms with Crippen LogP contribution in [-0.4, -0.2) is 84.4 Å². The number of ether oxygens (including phenoxy) is 3. The van der Waals surface area contributed by atoms with Crippen molar-refractivity contribution in [2.45, 2.75) is 24.4 Å². The number of aliphatic hydroxyl groups is 1. The van der Waals surface area contributed by atoms with Gasteiger partial charge in [0, 0.05) is 45.8 Å². The van der Waals surface area contributed by atoms with Crippen molar-refractivity contribution in [2.24, 2.45) is 4.36 Å². The highest BCUT2D eigenvalue weighted by Crippen LogP contribution is 2.32. The Morgan fingerprint density at radius 3 is 2.54 bits per heavy atom. The fraction of sp³-hybridized carbons (Fsp3) is 0.333. The van der Waals surface area contributed by atoms with Crippen molar-refractivity contribution in [1.82, 2.24) is 24.9 Å². The number of imidazole rings is 1. The van der Waals surface area contributed by atoms with Crippen LogP contribution in [0.5, 0.6) is 6.01 Å². The highest BCUT2D eigenvalue weighted by molar-refractivity contribution is 7.92. The van der Waals surface area contributed by atoms with Crippen molar-refractivity contribution in [1.29, 1.82) is 0 Å². The number of hydrogen-bond acceptors (Lipinski definition) is 10. The van der Waals surface area contributed by atoms with E-state index in [1.807, 2.05) is 12.1 Å². The van der Waals surface area contributed by atoms with Crippen LogP contribution >= 0.6 is 11.6 Å². The number of pyridine rings is 1.